The molecule has 1 aromatic rings. The van der Waals surface area contributed by atoms with E-state index in [1.165, 1.54) is 9.75 Å². The lowest BCUT2D eigenvalue weighted by Crippen LogP contribution is -2.27. The van der Waals surface area contributed by atoms with Crippen LogP contribution in [-0.4, -0.2) is 35.5 Å². The van der Waals surface area contributed by atoms with Gasteiger partial charge >= 0.3 is 5.97 Å². The lowest BCUT2D eigenvalue weighted by atomic mass is 10.2. The van der Waals surface area contributed by atoms with Gasteiger partial charge in [0, 0.05) is 36.2 Å². The Hall–Kier alpha value is -1.36. The van der Waals surface area contributed by atoms with Gasteiger partial charge in [0.15, 0.2) is 0 Å². The van der Waals surface area contributed by atoms with Crippen LogP contribution in [0.3, 0.4) is 0 Å². The van der Waals surface area contributed by atoms with E-state index in [-0.39, 0.29) is 12.3 Å². The molecule has 1 rings (SSSR count). The van der Waals surface area contributed by atoms with Crippen molar-refractivity contribution < 1.29 is 14.7 Å². The molecule has 0 bridgehead atoms. The molecule has 0 saturated heterocycles. The number of carbonyl (C=O) groups is 2. The van der Waals surface area contributed by atoms with Crippen LogP contribution in [0.1, 0.15) is 35.4 Å². The van der Waals surface area contributed by atoms with Crippen LogP contribution in [0.25, 0.3) is 0 Å². The summed E-state index contributed by atoms with van der Waals surface area (Å²) in [7, 11) is 1.74. The van der Waals surface area contributed by atoms with Crippen molar-refractivity contribution in [3.63, 3.8) is 0 Å². The number of aliphatic carboxylic acids is 1. The molecule has 0 saturated carbocycles. The maximum Gasteiger partial charge on any atom is 0.303 e. The number of rotatable bonds is 8. The molecule has 4 nitrogen and oxygen atoms in total. The Kier molecular flexibility index (Phi) is 6.56. The summed E-state index contributed by atoms with van der Waals surface area (Å²) in [6.45, 7) is 2.60. The Morgan fingerprint density at radius 2 is 2.00 bits per heavy atom. The average molecular weight is 283 g/mol. The van der Waals surface area contributed by atoms with Crippen molar-refractivity contribution in [1.82, 2.24) is 4.90 Å². The number of hydrogen-bond acceptors (Lipinski definition) is 3. The molecule has 1 N–H and O–H groups in total. The Balaban J connectivity index is 2.17. The molecular weight excluding hydrogens is 262 g/mol. The van der Waals surface area contributed by atoms with Crippen LogP contribution in [0, 0.1) is 6.92 Å². The van der Waals surface area contributed by atoms with Gasteiger partial charge in [-0.3, -0.25) is 9.59 Å². The molecule has 106 valence electrons. The highest BCUT2D eigenvalue weighted by Crippen LogP contribution is 2.17. The first-order valence-corrected chi connectivity index (χ1v) is 7.31. The highest BCUT2D eigenvalue weighted by atomic mass is 32.1. The molecule has 0 spiro atoms. The Morgan fingerprint density at radius 3 is 2.58 bits per heavy atom. The number of thiophene rings is 1. The van der Waals surface area contributed by atoms with Crippen molar-refractivity contribution in [3.05, 3.63) is 21.9 Å². The largest absolute Gasteiger partial charge is 0.481 e. The van der Waals surface area contributed by atoms with Crippen LogP contribution in [0.2, 0.25) is 0 Å². The number of hydrogen-bond donors (Lipinski definition) is 1. The van der Waals surface area contributed by atoms with Gasteiger partial charge in [-0.15, -0.1) is 11.3 Å². The summed E-state index contributed by atoms with van der Waals surface area (Å²) in [5, 5.41) is 8.53. The molecule has 0 aliphatic rings. The van der Waals surface area contributed by atoms with Gasteiger partial charge in [0.1, 0.15) is 0 Å². The summed E-state index contributed by atoms with van der Waals surface area (Å²) in [6.07, 6.45) is 2.95. The Labute approximate surface area is 118 Å². The van der Waals surface area contributed by atoms with E-state index >= 15 is 0 Å². The van der Waals surface area contributed by atoms with E-state index in [0.29, 0.717) is 19.4 Å². The second-order valence-corrected chi connectivity index (χ2v) is 6.05. The van der Waals surface area contributed by atoms with E-state index in [0.717, 1.165) is 12.8 Å². The van der Waals surface area contributed by atoms with E-state index in [9.17, 15) is 9.59 Å². The number of carboxylic acids is 1. The van der Waals surface area contributed by atoms with Crippen molar-refractivity contribution >= 4 is 23.2 Å². The molecule has 5 heteroatoms. The van der Waals surface area contributed by atoms with E-state index in [1.807, 2.05) is 0 Å². The molecule has 1 heterocycles. The molecule has 1 aromatic heterocycles. The summed E-state index contributed by atoms with van der Waals surface area (Å²) in [5.41, 5.74) is 0. The molecule has 0 unspecified atom stereocenters. The SMILES string of the molecule is Cc1ccc(CCCC(=O)N(C)CCCC(=O)O)s1. The number of carboxylic acid groups (broad SMARTS) is 1. The first-order valence-electron chi connectivity index (χ1n) is 6.50. The van der Waals surface area contributed by atoms with Gasteiger partial charge in [-0.1, -0.05) is 0 Å². The van der Waals surface area contributed by atoms with Gasteiger partial charge in [-0.25, -0.2) is 0 Å². The minimum atomic E-state index is -0.811. The van der Waals surface area contributed by atoms with Crippen molar-refractivity contribution in [3.8, 4) is 0 Å². The highest BCUT2D eigenvalue weighted by molar-refractivity contribution is 7.11. The predicted octanol–water partition coefficient (Wildman–Crippen LogP) is 2.70. The van der Waals surface area contributed by atoms with E-state index in [2.05, 4.69) is 19.1 Å². The fourth-order valence-corrected chi connectivity index (χ4v) is 2.75. The molecule has 1 amide bonds. The van der Waals surface area contributed by atoms with Crippen LogP contribution in [0.5, 0.6) is 0 Å². The zero-order chi connectivity index (χ0) is 14.3. The zero-order valence-electron chi connectivity index (χ0n) is 11.5. The maximum atomic E-state index is 11.8. The van der Waals surface area contributed by atoms with E-state index < -0.39 is 5.97 Å². The van der Waals surface area contributed by atoms with Gasteiger partial charge in [0.05, 0.1) is 0 Å². The number of carbonyl (C=O) groups excluding carboxylic acids is 1. The van der Waals surface area contributed by atoms with Gasteiger partial charge in [-0.2, -0.15) is 0 Å². The van der Waals surface area contributed by atoms with Crippen LogP contribution in [-0.2, 0) is 16.0 Å². The van der Waals surface area contributed by atoms with Crippen LogP contribution in [0.4, 0.5) is 0 Å². The van der Waals surface area contributed by atoms with Gasteiger partial charge in [-0.05, 0) is 38.3 Å². The van der Waals surface area contributed by atoms with Gasteiger partial charge in [0.2, 0.25) is 5.91 Å². The third kappa shape index (κ3) is 6.38. The number of amides is 1. The standard InChI is InChI=1S/C14H21NO3S/c1-11-8-9-12(19-11)5-3-6-13(16)15(2)10-4-7-14(17)18/h8-9H,3-7,10H2,1-2H3,(H,17,18). The number of nitrogens with zero attached hydrogens (tertiary/aromatic N) is 1. The minimum absolute atomic E-state index is 0.0960. The van der Waals surface area contributed by atoms with Crippen LogP contribution < -0.4 is 0 Å². The van der Waals surface area contributed by atoms with Crippen LogP contribution >= 0.6 is 11.3 Å². The Morgan fingerprint density at radius 1 is 1.26 bits per heavy atom. The normalized spacial score (nSPS) is 10.4. The van der Waals surface area contributed by atoms with Crippen molar-refractivity contribution in [2.75, 3.05) is 13.6 Å². The summed E-state index contributed by atoms with van der Waals surface area (Å²) < 4.78 is 0. The lowest BCUT2D eigenvalue weighted by molar-refractivity contribution is -0.138. The molecule has 0 radical (unpaired) electrons. The fourth-order valence-electron chi connectivity index (χ4n) is 1.82. The number of aryl methyl sites for hydroxylation is 2. The molecular formula is C14H21NO3S. The predicted molar refractivity (Wildman–Crippen MR) is 76.5 cm³/mol. The van der Waals surface area contributed by atoms with Crippen molar-refractivity contribution in [2.45, 2.75) is 39.0 Å². The first-order chi connectivity index (χ1) is 8.99. The molecule has 19 heavy (non-hydrogen) atoms. The lowest BCUT2D eigenvalue weighted by Gasteiger charge is -2.16. The third-order valence-corrected chi connectivity index (χ3v) is 3.98. The third-order valence-electron chi connectivity index (χ3n) is 2.92. The van der Waals surface area contributed by atoms with E-state index in [4.69, 9.17) is 5.11 Å². The minimum Gasteiger partial charge on any atom is -0.481 e. The molecule has 0 aromatic carbocycles. The monoisotopic (exact) mass is 283 g/mol. The van der Waals surface area contributed by atoms with Crippen molar-refractivity contribution in [2.24, 2.45) is 0 Å². The summed E-state index contributed by atoms with van der Waals surface area (Å²) in [6, 6.07) is 4.21. The average Bonchev–Trinajstić information content (AvgIpc) is 2.74. The molecule has 0 fully saturated rings. The molecule has 0 aliphatic heterocycles. The second kappa shape index (κ2) is 7.94. The summed E-state index contributed by atoms with van der Waals surface area (Å²) in [4.78, 5) is 26.4. The summed E-state index contributed by atoms with van der Waals surface area (Å²) in [5.74, 6) is -0.715. The van der Waals surface area contributed by atoms with Gasteiger partial charge < -0.3 is 10.0 Å². The smallest absolute Gasteiger partial charge is 0.303 e. The Bertz CT molecular complexity index is 428. The van der Waals surface area contributed by atoms with E-state index in [1.54, 1.807) is 23.3 Å². The fraction of sp³-hybridized carbons (Fsp3) is 0.571. The molecule has 0 atom stereocenters. The quantitative estimate of drug-likeness (QED) is 0.798. The summed E-state index contributed by atoms with van der Waals surface area (Å²) >= 11 is 1.77. The molecule has 0 aliphatic carbocycles. The van der Waals surface area contributed by atoms with Crippen LogP contribution in [0.15, 0.2) is 12.1 Å². The topological polar surface area (TPSA) is 57.6 Å². The zero-order valence-corrected chi connectivity index (χ0v) is 12.3. The maximum absolute atomic E-state index is 11.8. The first kappa shape index (κ1) is 15.7. The van der Waals surface area contributed by atoms with Crippen molar-refractivity contribution in [1.29, 1.82) is 0 Å². The highest BCUT2D eigenvalue weighted by Gasteiger charge is 2.09. The second-order valence-electron chi connectivity index (χ2n) is 4.68. The van der Waals surface area contributed by atoms with Gasteiger partial charge in [0.25, 0.3) is 0 Å².